The summed E-state index contributed by atoms with van der Waals surface area (Å²) >= 11 is 0. The minimum Gasteiger partial charge on any atom is -0.502 e. The molecule has 82 heavy (non-hydrogen) atoms. The van der Waals surface area contributed by atoms with Crippen LogP contribution in [0, 0.1) is 12.1 Å². The van der Waals surface area contributed by atoms with Crippen LogP contribution in [0.25, 0.3) is 71.1 Å². The fraction of sp³-hybridized carbons (Fsp3) is 0.205. The predicted octanol–water partition coefficient (Wildman–Crippen LogP) is 17.3. The van der Waals surface area contributed by atoms with E-state index in [9.17, 15) is 0 Å². The smallest absolute Gasteiger partial charge is 0.119 e. The van der Waals surface area contributed by atoms with Crippen molar-refractivity contribution in [2.75, 3.05) is 26.4 Å². The first-order chi connectivity index (χ1) is 39.7. The summed E-state index contributed by atoms with van der Waals surface area (Å²) in [5, 5.41) is 17.1. The van der Waals surface area contributed by atoms with Gasteiger partial charge in [-0.15, -0.1) is 71.8 Å². The molecule has 2 atom stereocenters. The monoisotopic (exact) mass is 1270 g/mol. The number of unbranched alkanes of at least 4 members (excludes halogenated alkanes) is 4. The standard InChI is InChI=1S/2C34H32NO2.C5H12O2.Ir/c2*1-2-36-25-7-4-8-26-37-33-21-19-30(20-22-33)16-15-28-11-13-29(14-12-28)17-18-31-23-24-35-34(27-31)32-9-5-3-6-10-32;1-4(6)3-5(2)7;/h2*2-3,5-6,9,11-24,27H,1,4,7-8,25-26H2;4-7H,3H2,1-2H3;/q2*-1;;/b2*16-15+,18-17+;;. The molecule has 2 unspecified atom stereocenters. The molecule has 0 spiro atoms. The van der Waals surface area contributed by atoms with Crippen molar-refractivity contribution in [1.29, 1.82) is 0 Å². The molecular formula is C73H76IrN2O6-2. The van der Waals surface area contributed by atoms with Crippen LogP contribution in [0.1, 0.15) is 103 Å². The summed E-state index contributed by atoms with van der Waals surface area (Å²) in [7, 11) is 0. The normalized spacial score (nSPS) is 11.7. The van der Waals surface area contributed by atoms with Crippen molar-refractivity contribution < 1.29 is 49.3 Å². The van der Waals surface area contributed by atoms with Gasteiger partial charge < -0.3 is 39.1 Å². The molecule has 0 aliphatic rings. The van der Waals surface area contributed by atoms with Gasteiger partial charge in [-0.05, 0) is 151 Å². The second-order valence-electron chi connectivity index (χ2n) is 19.1. The molecule has 8 aromatic rings. The van der Waals surface area contributed by atoms with E-state index >= 15 is 0 Å². The quantitative estimate of drug-likeness (QED) is 0.0216. The SMILES string of the molecule is C=COCCCCCOc1ccc(/C=C/c2ccc(/C=C/c3ccnc(-c4[c-]cccc4)c3)cc2)cc1.C=COCCCCCOc1ccc(/C=C/c2ccc(/C=C/c3ccnc(-c4[c-]cccc4)c3)cc2)cc1.CC(O)CC(C)O.[Ir]. The first-order valence-corrected chi connectivity index (χ1v) is 27.8. The van der Waals surface area contributed by atoms with E-state index in [0.717, 1.165) is 143 Å². The Morgan fingerprint density at radius 3 is 1.02 bits per heavy atom. The fourth-order valence-electron chi connectivity index (χ4n) is 8.03. The van der Waals surface area contributed by atoms with E-state index in [1.165, 1.54) is 12.5 Å². The van der Waals surface area contributed by atoms with Crippen LogP contribution >= 0.6 is 0 Å². The maximum atomic E-state index is 8.56. The van der Waals surface area contributed by atoms with Gasteiger partial charge >= 0.3 is 0 Å². The number of aliphatic hydroxyl groups excluding tert-OH is 2. The van der Waals surface area contributed by atoms with Gasteiger partial charge in [0.05, 0.1) is 51.2 Å². The Kier molecular flexibility index (Phi) is 30.3. The number of ether oxygens (including phenoxy) is 4. The topological polar surface area (TPSA) is 103 Å². The van der Waals surface area contributed by atoms with E-state index in [0.29, 0.717) is 6.42 Å². The first-order valence-electron chi connectivity index (χ1n) is 27.8. The molecule has 8 rings (SSSR count). The molecule has 0 saturated carbocycles. The van der Waals surface area contributed by atoms with Gasteiger partial charge in [0.1, 0.15) is 11.5 Å². The molecule has 0 aliphatic carbocycles. The van der Waals surface area contributed by atoms with Crippen LogP contribution in [0.2, 0.25) is 0 Å². The number of nitrogens with zero attached hydrogens (tertiary/aromatic N) is 2. The number of aromatic nitrogens is 2. The Labute approximate surface area is 501 Å². The van der Waals surface area contributed by atoms with E-state index in [4.69, 9.17) is 29.2 Å². The Hall–Kier alpha value is -8.17. The van der Waals surface area contributed by atoms with E-state index < -0.39 is 0 Å². The number of benzene rings is 6. The Morgan fingerprint density at radius 1 is 0.415 bits per heavy atom. The minimum absolute atomic E-state index is 0. The largest absolute Gasteiger partial charge is 0.502 e. The summed E-state index contributed by atoms with van der Waals surface area (Å²) in [6.45, 7) is 13.3. The van der Waals surface area contributed by atoms with Gasteiger partial charge in [0.15, 0.2) is 0 Å². The maximum absolute atomic E-state index is 8.56. The van der Waals surface area contributed by atoms with Crippen molar-refractivity contribution in [3.8, 4) is 34.0 Å². The third-order valence-corrected chi connectivity index (χ3v) is 12.3. The molecule has 2 aromatic heterocycles. The van der Waals surface area contributed by atoms with Crippen LogP contribution in [0.4, 0.5) is 0 Å². The molecule has 0 amide bonds. The molecule has 2 N–H and O–H groups in total. The molecule has 6 aromatic carbocycles. The number of hydrogen-bond acceptors (Lipinski definition) is 8. The number of hydrogen-bond donors (Lipinski definition) is 2. The number of pyridine rings is 2. The summed E-state index contributed by atoms with van der Waals surface area (Å²) in [5.74, 6) is 1.80. The second-order valence-corrected chi connectivity index (χ2v) is 19.1. The van der Waals surface area contributed by atoms with Gasteiger partial charge in [0, 0.05) is 32.5 Å². The van der Waals surface area contributed by atoms with Crippen molar-refractivity contribution in [2.24, 2.45) is 0 Å². The van der Waals surface area contributed by atoms with Crippen molar-refractivity contribution in [2.45, 2.75) is 71.0 Å². The Morgan fingerprint density at radius 2 is 0.732 bits per heavy atom. The van der Waals surface area contributed by atoms with Gasteiger partial charge in [0.25, 0.3) is 0 Å². The van der Waals surface area contributed by atoms with Crippen LogP contribution in [-0.2, 0) is 29.6 Å². The van der Waals surface area contributed by atoms with Crippen molar-refractivity contribution in [1.82, 2.24) is 9.97 Å². The van der Waals surface area contributed by atoms with Crippen LogP contribution in [0.15, 0.2) is 208 Å². The summed E-state index contributed by atoms with van der Waals surface area (Å²) in [6.07, 6.45) is 29.6. The van der Waals surface area contributed by atoms with Crippen LogP contribution in [0.5, 0.6) is 11.5 Å². The van der Waals surface area contributed by atoms with E-state index in [1.807, 2.05) is 97.3 Å². The maximum Gasteiger partial charge on any atom is 0.119 e. The molecule has 0 fully saturated rings. The van der Waals surface area contributed by atoms with Crippen molar-refractivity contribution >= 4 is 48.6 Å². The van der Waals surface area contributed by atoms with Crippen molar-refractivity contribution in [3.63, 3.8) is 0 Å². The zero-order valence-electron chi connectivity index (χ0n) is 47.2. The summed E-state index contributed by atoms with van der Waals surface area (Å²) in [4.78, 5) is 8.94. The molecule has 2 heterocycles. The van der Waals surface area contributed by atoms with Gasteiger partial charge in [-0.3, -0.25) is 0 Å². The Bertz CT molecular complexity index is 2920. The second kappa shape index (κ2) is 38.5. The average Bonchev–Trinajstić information content (AvgIpc) is 3.50. The summed E-state index contributed by atoms with van der Waals surface area (Å²) < 4.78 is 21.9. The molecule has 0 saturated heterocycles. The number of aliphatic hydroxyl groups is 2. The zero-order valence-corrected chi connectivity index (χ0v) is 49.6. The zero-order chi connectivity index (χ0) is 57.0. The van der Waals surface area contributed by atoms with Crippen LogP contribution < -0.4 is 9.47 Å². The molecule has 1 radical (unpaired) electrons. The molecular weight excluding hydrogens is 1190 g/mol. The average molecular weight is 1270 g/mol. The molecule has 8 nitrogen and oxygen atoms in total. The minimum atomic E-state index is -0.375. The van der Waals surface area contributed by atoms with Gasteiger partial charge in [-0.25, -0.2) is 0 Å². The molecule has 9 heteroatoms. The third kappa shape index (κ3) is 26.0. The Balaban J connectivity index is 0.000000266. The van der Waals surface area contributed by atoms with E-state index in [1.54, 1.807) is 13.8 Å². The van der Waals surface area contributed by atoms with Gasteiger partial charge in [-0.2, -0.15) is 0 Å². The molecule has 0 aliphatic heterocycles. The molecule has 425 valence electrons. The third-order valence-electron chi connectivity index (χ3n) is 12.3. The predicted molar refractivity (Wildman–Crippen MR) is 337 cm³/mol. The van der Waals surface area contributed by atoms with Crippen molar-refractivity contribution in [3.05, 3.63) is 265 Å². The van der Waals surface area contributed by atoms with E-state index in [2.05, 4.69) is 169 Å². The summed E-state index contributed by atoms with van der Waals surface area (Å²) in [5.41, 5.74) is 13.0. The van der Waals surface area contributed by atoms with Gasteiger partial charge in [0.2, 0.25) is 0 Å². The van der Waals surface area contributed by atoms with Crippen LogP contribution in [0.3, 0.4) is 0 Å². The molecule has 0 bridgehead atoms. The van der Waals surface area contributed by atoms with Gasteiger partial charge in [-0.1, -0.05) is 147 Å². The van der Waals surface area contributed by atoms with E-state index in [-0.39, 0.29) is 32.3 Å². The number of rotatable bonds is 28. The van der Waals surface area contributed by atoms with Crippen LogP contribution in [-0.4, -0.2) is 58.8 Å². The fourth-order valence-corrected chi connectivity index (χ4v) is 8.03. The first kappa shape index (κ1) is 64.6. The summed E-state index contributed by atoms with van der Waals surface area (Å²) in [6, 6.07) is 63.9.